The lowest BCUT2D eigenvalue weighted by molar-refractivity contribution is 0.155. The van der Waals surface area contributed by atoms with Crippen LogP contribution >= 0.6 is 24.0 Å². The second-order valence-electron chi connectivity index (χ2n) is 7.79. The second kappa shape index (κ2) is 13.7. The number of halogens is 1. The second-order valence-corrected chi connectivity index (χ2v) is 7.79. The molecule has 0 spiro atoms. The number of likely N-dealkylation sites (tertiary alicyclic amines) is 1. The fraction of sp³-hybridized carbons (Fsp3) is 0.565. The van der Waals surface area contributed by atoms with E-state index < -0.39 is 0 Å². The zero-order valence-corrected chi connectivity index (χ0v) is 21.2. The number of guanidine groups is 1. The molecule has 1 aromatic heterocycles. The third kappa shape index (κ3) is 8.42. The fourth-order valence-corrected chi connectivity index (χ4v) is 3.63. The third-order valence-electron chi connectivity index (χ3n) is 5.36. The zero-order chi connectivity index (χ0) is 21.2. The number of rotatable bonds is 9. The summed E-state index contributed by atoms with van der Waals surface area (Å²) >= 11 is 0. The van der Waals surface area contributed by atoms with Crippen LogP contribution in [0.15, 0.2) is 39.9 Å². The molecule has 0 amide bonds. The summed E-state index contributed by atoms with van der Waals surface area (Å²) in [6, 6.07) is 8.69. The lowest BCUT2D eigenvalue weighted by atomic mass is 10.1. The van der Waals surface area contributed by atoms with Gasteiger partial charge in [-0.05, 0) is 33.1 Å². The van der Waals surface area contributed by atoms with Crippen LogP contribution < -0.4 is 10.6 Å². The highest BCUT2D eigenvalue weighted by molar-refractivity contribution is 14.0. The summed E-state index contributed by atoms with van der Waals surface area (Å²) in [7, 11) is 1.76. The number of aromatic nitrogens is 1. The number of nitrogens with one attached hydrogen (secondary N) is 2. The number of ether oxygens (including phenoxy) is 1. The minimum atomic E-state index is 0. The van der Waals surface area contributed by atoms with Crippen molar-refractivity contribution in [1.29, 1.82) is 0 Å². The summed E-state index contributed by atoms with van der Waals surface area (Å²) in [6.07, 6.45) is 5.11. The van der Waals surface area contributed by atoms with Crippen molar-refractivity contribution in [3.8, 4) is 11.3 Å². The molecule has 1 aromatic carbocycles. The van der Waals surface area contributed by atoms with Crippen LogP contribution in [-0.2, 0) is 11.3 Å². The van der Waals surface area contributed by atoms with E-state index in [1.807, 2.05) is 0 Å². The van der Waals surface area contributed by atoms with Gasteiger partial charge in [0.15, 0.2) is 11.7 Å². The fourth-order valence-electron chi connectivity index (χ4n) is 3.63. The molecule has 2 N–H and O–H groups in total. The Hall–Kier alpha value is -1.65. The van der Waals surface area contributed by atoms with E-state index in [1.54, 1.807) is 13.3 Å². The van der Waals surface area contributed by atoms with Crippen molar-refractivity contribution in [2.24, 2.45) is 4.99 Å². The molecule has 1 fully saturated rings. The number of aryl methyl sites for hydroxylation is 1. The Morgan fingerprint density at radius 1 is 1.26 bits per heavy atom. The smallest absolute Gasteiger partial charge is 0.216 e. The van der Waals surface area contributed by atoms with E-state index in [2.05, 4.69) is 63.6 Å². The van der Waals surface area contributed by atoms with E-state index in [0.717, 1.165) is 69.3 Å². The highest BCUT2D eigenvalue weighted by Crippen LogP contribution is 2.21. The molecule has 8 heteroatoms. The van der Waals surface area contributed by atoms with E-state index in [4.69, 9.17) is 9.15 Å². The van der Waals surface area contributed by atoms with Crippen LogP contribution in [-0.4, -0.2) is 61.8 Å². The number of piperidine rings is 1. The molecule has 1 aliphatic heterocycles. The van der Waals surface area contributed by atoms with Crippen molar-refractivity contribution >= 4 is 29.9 Å². The molecule has 0 saturated carbocycles. The molecule has 31 heavy (non-hydrogen) atoms. The number of methoxy groups -OCH3 is 1. The summed E-state index contributed by atoms with van der Waals surface area (Å²) in [5.41, 5.74) is 2.26. The Morgan fingerprint density at radius 2 is 2.00 bits per heavy atom. The molecule has 7 nitrogen and oxygen atoms in total. The summed E-state index contributed by atoms with van der Waals surface area (Å²) in [6.45, 7) is 9.56. The Labute approximate surface area is 203 Å². The predicted octanol–water partition coefficient (Wildman–Crippen LogP) is 3.82. The van der Waals surface area contributed by atoms with Crippen molar-refractivity contribution in [2.45, 2.75) is 45.7 Å². The molecule has 1 aliphatic rings. The largest absolute Gasteiger partial charge is 0.439 e. The van der Waals surface area contributed by atoms with Crippen LogP contribution in [0.4, 0.5) is 0 Å². The van der Waals surface area contributed by atoms with Crippen molar-refractivity contribution in [1.82, 2.24) is 20.5 Å². The van der Waals surface area contributed by atoms with Gasteiger partial charge in [-0.15, -0.1) is 24.0 Å². The number of hydrogen-bond acceptors (Lipinski definition) is 5. The Morgan fingerprint density at radius 3 is 2.68 bits per heavy atom. The van der Waals surface area contributed by atoms with Crippen molar-refractivity contribution in [3.63, 3.8) is 0 Å². The quantitative estimate of drug-likeness (QED) is 0.218. The van der Waals surface area contributed by atoms with Gasteiger partial charge in [0.1, 0.15) is 6.54 Å². The van der Waals surface area contributed by atoms with Crippen LogP contribution in [0.25, 0.3) is 11.3 Å². The standard InChI is InChI=1S/C23H35N5O2.HI/c1-4-24-23(27-20-10-13-28(14-11-20)12-5-15-29-3)26-17-22-25-16-21(30-22)19-8-6-18(2)7-9-19;/h6-9,16,20H,4-5,10-15,17H2,1-3H3,(H2,24,26,27);1H. The molecule has 0 aliphatic carbocycles. The van der Waals surface area contributed by atoms with Gasteiger partial charge in [0.25, 0.3) is 0 Å². The minimum Gasteiger partial charge on any atom is -0.439 e. The van der Waals surface area contributed by atoms with Crippen LogP contribution in [0.1, 0.15) is 37.6 Å². The van der Waals surface area contributed by atoms with E-state index in [-0.39, 0.29) is 24.0 Å². The maximum absolute atomic E-state index is 5.90. The number of nitrogens with zero attached hydrogens (tertiary/aromatic N) is 3. The Balaban J connectivity index is 0.00000341. The van der Waals surface area contributed by atoms with Crippen LogP contribution in [0.3, 0.4) is 0 Å². The molecule has 1 saturated heterocycles. The molecule has 2 aromatic rings. The number of aliphatic imine (C=N–C) groups is 1. The molecule has 0 atom stereocenters. The first kappa shape index (κ1) is 25.6. The topological polar surface area (TPSA) is 74.9 Å². The van der Waals surface area contributed by atoms with Crippen LogP contribution in [0, 0.1) is 6.92 Å². The average molecular weight is 541 g/mol. The van der Waals surface area contributed by atoms with Crippen molar-refractivity contribution in [3.05, 3.63) is 41.9 Å². The van der Waals surface area contributed by atoms with Gasteiger partial charge >= 0.3 is 0 Å². The molecule has 172 valence electrons. The molecular weight excluding hydrogens is 505 g/mol. The van der Waals surface area contributed by atoms with Gasteiger partial charge in [0.2, 0.25) is 5.89 Å². The molecule has 0 radical (unpaired) electrons. The average Bonchev–Trinajstić information content (AvgIpc) is 3.23. The van der Waals surface area contributed by atoms with Crippen LogP contribution in [0.2, 0.25) is 0 Å². The van der Waals surface area contributed by atoms with E-state index >= 15 is 0 Å². The summed E-state index contributed by atoms with van der Waals surface area (Å²) in [5.74, 6) is 2.22. The lowest BCUT2D eigenvalue weighted by Gasteiger charge is -2.33. The van der Waals surface area contributed by atoms with Gasteiger partial charge in [0, 0.05) is 51.5 Å². The summed E-state index contributed by atoms with van der Waals surface area (Å²) in [4.78, 5) is 11.6. The molecular formula is C23H36IN5O2. The SMILES string of the molecule is CCNC(=NCc1ncc(-c2ccc(C)cc2)o1)NC1CCN(CCCOC)CC1.I. The van der Waals surface area contributed by atoms with E-state index in [0.29, 0.717) is 18.5 Å². The van der Waals surface area contributed by atoms with Gasteiger partial charge in [-0.2, -0.15) is 0 Å². The molecule has 2 heterocycles. The highest BCUT2D eigenvalue weighted by atomic mass is 127. The first-order valence-electron chi connectivity index (χ1n) is 11.0. The number of oxazole rings is 1. The molecule has 3 rings (SSSR count). The first-order chi connectivity index (χ1) is 14.7. The number of hydrogen-bond donors (Lipinski definition) is 2. The normalized spacial score (nSPS) is 15.5. The van der Waals surface area contributed by atoms with Gasteiger partial charge < -0.3 is 24.7 Å². The van der Waals surface area contributed by atoms with Gasteiger partial charge in [-0.25, -0.2) is 9.98 Å². The highest BCUT2D eigenvalue weighted by Gasteiger charge is 2.19. The third-order valence-corrected chi connectivity index (χ3v) is 5.36. The first-order valence-corrected chi connectivity index (χ1v) is 11.0. The maximum atomic E-state index is 5.90. The minimum absolute atomic E-state index is 0. The number of benzene rings is 1. The Kier molecular flexibility index (Phi) is 11.3. The van der Waals surface area contributed by atoms with Gasteiger partial charge in [0.05, 0.1) is 6.20 Å². The maximum Gasteiger partial charge on any atom is 0.216 e. The predicted molar refractivity (Wildman–Crippen MR) is 136 cm³/mol. The van der Waals surface area contributed by atoms with Crippen LogP contribution in [0.5, 0.6) is 0 Å². The van der Waals surface area contributed by atoms with Crippen molar-refractivity contribution < 1.29 is 9.15 Å². The molecule has 0 unspecified atom stereocenters. The lowest BCUT2D eigenvalue weighted by Crippen LogP contribution is -2.48. The molecule has 0 bridgehead atoms. The van der Waals surface area contributed by atoms with E-state index in [9.17, 15) is 0 Å². The summed E-state index contributed by atoms with van der Waals surface area (Å²) < 4.78 is 11.1. The zero-order valence-electron chi connectivity index (χ0n) is 18.9. The monoisotopic (exact) mass is 541 g/mol. The van der Waals surface area contributed by atoms with Crippen molar-refractivity contribution in [2.75, 3.05) is 39.9 Å². The Bertz CT molecular complexity index is 786. The van der Waals surface area contributed by atoms with E-state index in [1.165, 1.54) is 5.56 Å². The van der Waals surface area contributed by atoms with Gasteiger partial charge in [-0.1, -0.05) is 29.8 Å². The summed E-state index contributed by atoms with van der Waals surface area (Å²) in [5, 5.41) is 6.92. The van der Waals surface area contributed by atoms with Gasteiger partial charge in [-0.3, -0.25) is 0 Å².